The molecule has 2 aromatic rings. The fourth-order valence-electron chi connectivity index (χ4n) is 3.13. The van der Waals surface area contributed by atoms with Crippen LogP contribution in [0, 0.1) is 0 Å². The molecular weight excluding hydrogens is 441 g/mol. The van der Waals surface area contributed by atoms with Crippen LogP contribution in [0.25, 0.3) is 0 Å². The van der Waals surface area contributed by atoms with Gasteiger partial charge in [0, 0.05) is 52.8 Å². The highest BCUT2D eigenvalue weighted by Crippen LogP contribution is 2.18. The van der Waals surface area contributed by atoms with E-state index in [0.29, 0.717) is 0 Å². The fraction of sp³-hybridized carbons (Fsp3) is 0.474. The molecule has 1 N–H and O–H groups in total. The standard InChI is InChI=1S/C19H27N5O.HI/c1-20-19(21-11-8-16-14-22-23(2)15-16)24-12-9-18(10-13-24)25-17-6-4-3-5-7-17;/h3-7,14-15,18H,8-13H2,1-2H3,(H,20,21);1H. The maximum Gasteiger partial charge on any atom is 0.193 e. The SMILES string of the molecule is CN=C(NCCc1cnn(C)c1)N1CCC(Oc2ccccc2)CC1.I. The third-order valence-corrected chi connectivity index (χ3v) is 4.45. The van der Waals surface area contributed by atoms with Crippen molar-refractivity contribution in [3.05, 3.63) is 48.3 Å². The number of hydrogen-bond donors (Lipinski definition) is 1. The van der Waals surface area contributed by atoms with Gasteiger partial charge in [0.05, 0.1) is 6.20 Å². The summed E-state index contributed by atoms with van der Waals surface area (Å²) in [6, 6.07) is 10.1. The van der Waals surface area contributed by atoms with Crippen LogP contribution in [0.5, 0.6) is 5.75 Å². The van der Waals surface area contributed by atoms with Crippen LogP contribution in [-0.4, -0.2) is 53.4 Å². The molecule has 1 aliphatic rings. The van der Waals surface area contributed by atoms with Gasteiger partial charge in [-0.25, -0.2) is 0 Å². The molecule has 2 heterocycles. The Labute approximate surface area is 172 Å². The first-order chi connectivity index (χ1) is 12.2. The maximum atomic E-state index is 6.06. The van der Waals surface area contributed by atoms with E-state index < -0.39 is 0 Å². The van der Waals surface area contributed by atoms with E-state index in [-0.39, 0.29) is 30.1 Å². The minimum atomic E-state index is 0. The summed E-state index contributed by atoms with van der Waals surface area (Å²) in [6.45, 7) is 2.78. The van der Waals surface area contributed by atoms with Crippen molar-refractivity contribution < 1.29 is 4.74 Å². The van der Waals surface area contributed by atoms with Gasteiger partial charge in [0.2, 0.25) is 0 Å². The molecule has 0 bridgehead atoms. The number of likely N-dealkylation sites (tertiary alicyclic amines) is 1. The van der Waals surface area contributed by atoms with E-state index in [1.807, 2.05) is 55.3 Å². The van der Waals surface area contributed by atoms with Crippen LogP contribution >= 0.6 is 24.0 Å². The largest absolute Gasteiger partial charge is 0.490 e. The van der Waals surface area contributed by atoms with Gasteiger partial charge < -0.3 is 15.0 Å². The highest BCUT2D eigenvalue weighted by molar-refractivity contribution is 14.0. The molecule has 0 radical (unpaired) electrons. The first kappa shape index (κ1) is 20.5. The average Bonchev–Trinajstić information content (AvgIpc) is 3.06. The van der Waals surface area contributed by atoms with Crippen LogP contribution in [0.1, 0.15) is 18.4 Å². The summed E-state index contributed by atoms with van der Waals surface area (Å²) < 4.78 is 7.90. The first-order valence-corrected chi connectivity index (χ1v) is 8.89. The van der Waals surface area contributed by atoms with Gasteiger partial charge in [-0.3, -0.25) is 9.67 Å². The quantitative estimate of drug-likeness (QED) is 0.416. The van der Waals surface area contributed by atoms with Crippen molar-refractivity contribution >= 4 is 29.9 Å². The van der Waals surface area contributed by atoms with Crippen LogP contribution in [-0.2, 0) is 13.5 Å². The Morgan fingerprint density at radius 2 is 2.00 bits per heavy atom. The number of benzene rings is 1. The number of aryl methyl sites for hydroxylation is 1. The van der Waals surface area contributed by atoms with E-state index in [2.05, 4.69) is 26.5 Å². The van der Waals surface area contributed by atoms with Gasteiger partial charge in [-0.2, -0.15) is 5.10 Å². The number of aromatic nitrogens is 2. The van der Waals surface area contributed by atoms with Crippen molar-refractivity contribution in [2.24, 2.45) is 12.0 Å². The number of para-hydroxylation sites is 1. The predicted molar refractivity (Wildman–Crippen MR) is 115 cm³/mol. The Morgan fingerprint density at radius 1 is 1.27 bits per heavy atom. The lowest BCUT2D eigenvalue weighted by Gasteiger charge is -2.34. The van der Waals surface area contributed by atoms with E-state index >= 15 is 0 Å². The molecule has 0 atom stereocenters. The summed E-state index contributed by atoms with van der Waals surface area (Å²) in [5.41, 5.74) is 1.24. The number of nitrogens with zero attached hydrogens (tertiary/aromatic N) is 4. The summed E-state index contributed by atoms with van der Waals surface area (Å²) in [4.78, 5) is 6.74. The van der Waals surface area contributed by atoms with E-state index in [4.69, 9.17) is 4.74 Å². The maximum absolute atomic E-state index is 6.06. The second-order valence-corrected chi connectivity index (χ2v) is 6.36. The second-order valence-electron chi connectivity index (χ2n) is 6.36. The van der Waals surface area contributed by atoms with Crippen molar-refractivity contribution in [3.63, 3.8) is 0 Å². The molecule has 3 rings (SSSR count). The Balaban J connectivity index is 0.00000243. The zero-order valence-corrected chi connectivity index (χ0v) is 17.8. The number of guanidine groups is 1. The zero-order chi connectivity index (χ0) is 17.5. The van der Waals surface area contributed by atoms with Gasteiger partial charge in [-0.15, -0.1) is 24.0 Å². The van der Waals surface area contributed by atoms with Crippen molar-refractivity contribution in [2.45, 2.75) is 25.4 Å². The van der Waals surface area contributed by atoms with Crippen molar-refractivity contribution in [3.8, 4) is 5.75 Å². The minimum absolute atomic E-state index is 0. The molecule has 0 unspecified atom stereocenters. The van der Waals surface area contributed by atoms with Crippen molar-refractivity contribution in [1.82, 2.24) is 20.0 Å². The predicted octanol–water partition coefficient (Wildman–Crippen LogP) is 2.70. The topological polar surface area (TPSA) is 54.7 Å². The normalized spacial score (nSPS) is 15.5. The molecule has 0 aliphatic carbocycles. The van der Waals surface area contributed by atoms with Crippen molar-refractivity contribution in [2.75, 3.05) is 26.7 Å². The number of nitrogens with one attached hydrogen (secondary N) is 1. The Kier molecular flexibility index (Phi) is 8.21. The number of hydrogen-bond acceptors (Lipinski definition) is 3. The van der Waals surface area contributed by atoms with Gasteiger partial charge in [-0.05, 0) is 24.1 Å². The number of aliphatic imine (C=N–C) groups is 1. The van der Waals surface area contributed by atoms with Crippen molar-refractivity contribution in [1.29, 1.82) is 0 Å². The lowest BCUT2D eigenvalue weighted by Crippen LogP contribution is -2.47. The highest BCUT2D eigenvalue weighted by Gasteiger charge is 2.22. The van der Waals surface area contributed by atoms with Gasteiger partial charge >= 0.3 is 0 Å². The number of halogens is 1. The molecule has 1 aromatic carbocycles. The molecule has 0 amide bonds. The van der Waals surface area contributed by atoms with Gasteiger partial charge in [0.15, 0.2) is 5.96 Å². The third kappa shape index (κ3) is 5.89. The lowest BCUT2D eigenvalue weighted by atomic mass is 10.1. The van der Waals surface area contributed by atoms with Crippen LogP contribution in [0.4, 0.5) is 0 Å². The van der Waals surface area contributed by atoms with E-state index in [9.17, 15) is 0 Å². The van der Waals surface area contributed by atoms with E-state index in [0.717, 1.165) is 50.6 Å². The monoisotopic (exact) mass is 469 g/mol. The highest BCUT2D eigenvalue weighted by atomic mass is 127. The molecule has 1 fully saturated rings. The van der Waals surface area contributed by atoms with Gasteiger partial charge in [0.25, 0.3) is 0 Å². The average molecular weight is 469 g/mol. The molecule has 1 saturated heterocycles. The molecule has 6 nitrogen and oxygen atoms in total. The summed E-state index contributed by atoms with van der Waals surface area (Å²) in [7, 11) is 3.79. The molecule has 1 aliphatic heterocycles. The molecule has 7 heteroatoms. The Morgan fingerprint density at radius 3 is 2.62 bits per heavy atom. The molecule has 26 heavy (non-hydrogen) atoms. The molecule has 1 aromatic heterocycles. The Bertz CT molecular complexity index is 680. The molecule has 0 spiro atoms. The molecular formula is C19H28IN5O. The zero-order valence-electron chi connectivity index (χ0n) is 15.5. The van der Waals surface area contributed by atoms with E-state index in [1.54, 1.807) is 0 Å². The summed E-state index contributed by atoms with van der Waals surface area (Å²) in [5.74, 6) is 1.93. The molecule has 142 valence electrons. The first-order valence-electron chi connectivity index (χ1n) is 8.89. The minimum Gasteiger partial charge on any atom is -0.490 e. The lowest BCUT2D eigenvalue weighted by molar-refractivity contribution is 0.129. The van der Waals surface area contributed by atoms with Crippen LogP contribution in [0.2, 0.25) is 0 Å². The second kappa shape index (κ2) is 10.4. The van der Waals surface area contributed by atoms with Gasteiger partial charge in [0.1, 0.15) is 11.9 Å². The smallest absolute Gasteiger partial charge is 0.193 e. The number of ether oxygens (including phenoxy) is 1. The summed E-state index contributed by atoms with van der Waals surface area (Å²) >= 11 is 0. The van der Waals surface area contributed by atoms with E-state index in [1.165, 1.54) is 5.56 Å². The molecule has 0 saturated carbocycles. The van der Waals surface area contributed by atoms with Crippen LogP contribution in [0.15, 0.2) is 47.7 Å². The Hall–Kier alpha value is -1.77. The number of rotatable bonds is 5. The summed E-state index contributed by atoms with van der Waals surface area (Å²) in [5, 5.41) is 7.66. The summed E-state index contributed by atoms with van der Waals surface area (Å²) in [6.07, 6.45) is 7.22. The fourth-order valence-corrected chi connectivity index (χ4v) is 3.13. The van der Waals surface area contributed by atoms with Gasteiger partial charge in [-0.1, -0.05) is 18.2 Å². The number of piperidine rings is 1. The van der Waals surface area contributed by atoms with Crippen LogP contribution in [0.3, 0.4) is 0 Å². The van der Waals surface area contributed by atoms with Crippen LogP contribution < -0.4 is 10.1 Å². The third-order valence-electron chi connectivity index (χ3n) is 4.45.